The summed E-state index contributed by atoms with van der Waals surface area (Å²) in [5, 5.41) is 12.5. The zero-order valence-electron chi connectivity index (χ0n) is 7.51. The van der Waals surface area contributed by atoms with Crippen LogP contribution in [0.15, 0.2) is 12.4 Å². The predicted molar refractivity (Wildman–Crippen MR) is 50.6 cm³/mol. The fourth-order valence-electron chi connectivity index (χ4n) is 1.21. The quantitative estimate of drug-likeness (QED) is 0.631. The number of nitrogen functional groups attached to an aromatic ring is 1. The summed E-state index contributed by atoms with van der Waals surface area (Å²) in [6.07, 6.45) is 2.54. The molecule has 0 aliphatic carbocycles. The zero-order chi connectivity index (χ0) is 11.0. The Bertz CT molecular complexity index is 593. The minimum Gasteiger partial charge on any atom is -0.382 e. The highest BCUT2D eigenvalue weighted by Gasteiger charge is 2.13. The van der Waals surface area contributed by atoms with Crippen molar-refractivity contribution in [3.05, 3.63) is 23.5 Å². The van der Waals surface area contributed by atoms with Crippen LogP contribution in [0.3, 0.4) is 0 Å². The highest BCUT2D eigenvalue weighted by atomic mass is 16.1. The Balaban J connectivity index is 2.83. The summed E-state index contributed by atoms with van der Waals surface area (Å²) in [4.78, 5) is 14.9. The number of nitrogens with zero attached hydrogens (tertiary/aromatic N) is 4. The molecule has 15 heavy (non-hydrogen) atoms. The maximum atomic E-state index is 11.0. The molecule has 2 aromatic rings. The second-order valence-electron chi connectivity index (χ2n) is 2.83. The average Bonchev–Trinajstić information content (AvgIpc) is 2.62. The van der Waals surface area contributed by atoms with Crippen LogP contribution >= 0.6 is 0 Å². The first-order chi connectivity index (χ1) is 7.15. The molecule has 2 aromatic heterocycles. The summed E-state index contributed by atoms with van der Waals surface area (Å²) >= 11 is 0. The maximum Gasteiger partial charge on any atom is 0.254 e. The van der Waals surface area contributed by atoms with Crippen LogP contribution in [-0.2, 0) is 0 Å². The number of anilines is 1. The van der Waals surface area contributed by atoms with Gasteiger partial charge in [-0.2, -0.15) is 14.9 Å². The first-order valence-electron chi connectivity index (χ1n) is 3.97. The van der Waals surface area contributed by atoms with E-state index in [0.29, 0.717) is 0 Å². The van der Waals surface area contributed by atoms with Gasteiger partial charge in [-0.15, -0.1) is 0 Å². The van der Waals surface area contributed by atoms with Gasteiger partial charge >= 0.3 is 0 Å². The molecule has 0 spiro atoms. The van der Waals surface area contributed by atoms with Gasteiger partial charge in [-0.3, -0.25) is 4.79 Å². The average molecular weight is 202 g/mol. The van der Waals surface area contributed by atoms with Crippen molar-refractivity contribution < 1.29 is 4.79 Å². The van der Waals surface area contributed by atoms with Gasteiger partial charge in [0.2, 0.25) is 0 Å². The van der Waals surface area contributed by atoms with E-state index >= 15 is 0 Å². The lowest BCUT2D eigenvalue weighted by Gasteiger charge is -1.99. The van der Waals surface area contributed by atoms with Gasteiger partial charge < -0.3 is 11.5 Å². The highest BCUT2D eigenvalue weighted by Crippen LogP contribution is 2.14. The highest BCUT2D eigenvalue weighted by molar-refractivity contribution is 5.98. The lowest BCUT2D eigenvalue weighted by Crippen LogP contribution is -2.11. The van der Waals surface area contributed by atoms with E-state index < -0.39 is 5.91 Å². The largest absolute Gasteiger partial charge is 0.382 e. The van der Waals surface area contributed by atoms with E-state index in [1.807, 2.05) is 6.07 Å². The molecule has 7 nitrogen and oxygen atoms in total. The topological polar surface area (TPSA) is 123 Å². The molecule has 0 aromatic carbocycles. The van der Waals surface area contributed by atoms with Gasteiger partial charge in [-0.05, 0) is 0 Å². The second-order valence-corrected chi connectivity index (χ2v) is 2.83. The van der Waals surface area contributed by atoms with Gasteiger partial charge in [0, 0.05) is 0 Å². The number of fused-ring (bicyclic) bond motifs is 1. The summed E-state index contributed by atoms with van der Waals surface area (Å²) < 4.78 is 1.21. The Labute approximate surface area is 83.9 Å². The Morgan fingerprint density at radius 3 is 2.87 bits per heavy atom. The Kier molecular flexibility index (Phi) is 1.76. The van der Waals surface area contributed by atoms with Gasteiger partial charge in [-0.1, -0.05) is 0 Å². The molecule has 2 rings (SSSR count). The van der Waals surface area contributed by atoms with Gasteiger partial charge in [0.05, 0.1) is 12.4 Å². The molecule has 7 heteroatoms. The second kappa shape index (κ2) is 2.95. The summed E-state index contributed by atoms with van der Waals surface area (Å²) in [6.45, 7) is 0. The van der Waals surface area contributed by atoms with Crippen LogP contribution in [0.2, 0.25) is 0 Å². The Morgan fingerprint density at radius 2 is 2.27 bits per heavy atom. The minimum atomic E-state index is -0.637. The number of primary amides is 1. The molecule has 0 unspecified atom stereocenters. The predicted octanol–water partition coefficient (Wildman–Crippen LogP) is -0.718. The van der Waals surface area contributed by atoms with E-state index in [9.17, 15) is 4.79 Å². The van der Waals surface area contributed by atoms with Crippen molar-refractivity contribution in [2.24, 2.45) is 5.73 Å². The van der Waals surface area contributed by atoms with Crippen molar-refractivity contribution in [2.45, 2.75) is 0 Å². The molecule has 1 amide bonds. The van der Waals surface area contributed by atoms with Crippen LogP contribution in [0.4, 0.5) is 5.82 Å². The molecule has 0 saturated heterocycles. The summed E-state index contributed by atoms with van der Waals surface area (Å²) in [5.41, 5.74) is 11.4. The molecule has 0 fully saturated rings. The SMILES string of the molecule is N#Cc1cnc2c(C(N)=O)cnn2c1N. The Hall–Kier alpha value is -2.62. The number of rotatable bonds is 1. The number of carbonyl (C=O) groups is 1. The third kappa shape index (κ3) is 1.16. The van der Waals surface area contributed by atoms with Gasteiger partial charge in [0.1, 0.15) is 23.0 Å². The third-order valence-corrected chi connectivity index (χ3v) is 1.95. The van der Waals surface area contributed by atoms with Crippen LogP contribution in [0, 0.1) is 11.3 Å². The van der Waals surface area contributed by atoms with E-state index in [1.54, 1.807) is 0 Å². The lowest BCUT2D eigenvalue weighted by molar-refractivity contribution is 0.100. The normalized spacial score (nSPS) is 10.1. The lowest BCUT2D eigenvalue weighted by atomic mass is 10.3. The van der Waals surface area contributed by atoms with Crippen molar-refractivity contribution in [1.82, 2.24) is 14.6 Å². The van der Waals surface area contributed by atoms with Crippen LogP contribution in [0.1, 0.15) is 15.9 Å². The molecule has 0 saturated carbocycles. The monoisotopic (exact) mass is 202 g/mol. The summed E-state index contributed by atoms with van der Waals surface area (Å²) in [5.74, 6) is -0.503. The molecular formula is C8H6N6O. The van der Waals surface area contributed by atoms with Gasteiger partial charge in [0.15, 0.2) is 5.65 Å². The number of nitrogens with two attached hydrogens (primary N) is 2. The first-order valence-corrected chi connectivity index (χ1v) is 3.97. The molecule has 0 bridgehead atoms. The molecule has 0 aliphatic heterocycles. The molecular weight excluding hydrogens is 196 g/mol. The number of aromatic nitrogens is 3. The van der Waals surface area contributed by atoms with Gasteiger partial charge in [0.25, 0.3) is 5.91 Å². The Morgan fingerprint density at radius 1 is 1.53 bits per heavy atom. The fourth-order valence-corrected chi connectivity index (χ4v) is 1.21. The van der Waals surface area contributed by atoms with Gasteiger partial charge in [-0.25, -0.2) is 4.98 Å². The number of amides is 1. The summed E-state index contributed by atoms with van der Waals surface area (Å²) in [6, 6.07) is 1.86. The molecule has 2 heterocycles. The molecule has 0 atom stereocenters. The van der Waals surface area contributed by atoms with E-state index in [0.717, 1.165) is 0 Å². The van der Waals surface area contributed by atoms with E-state index in [1.165, 1.54) is 16.9 Å². The van der Waals surface area contributed by atoms with Crippen molar-refractivity contribution in [3.63, 3.8) is 0 Å². The number of nitriles is 1. The van der Waals surface area contributed by atoms with Crippen molar-refractivity contribution >= 4 is 17.4 Å². The zero-order valence-corrected chi connectivity index (χ0v) is 7.51. The number of hydrogen-bond acceptors (Lipinski definition) is 5. The number of hydrogen-bond donors (Lipinski definition) is 2. The van der Waals surface area contributed by atoms with Crippen molar-refractivity contribution in [2.75, 3.05) is 5.73 Å². The van der Waals surface area contributed by atoms with Crippen LogP contribution in [-0.4, -0.2) is 20.5 Å². The first kappa shape index (κ1) is 8.96. The summed E-state index contributed by atoms with van der Waals surface area (Å²) in [7, 11) is 0. The van der Waals surface area contributed by atoms with Crippen molar-refractivity contribution in [3.8, 4) is 6.07 Å². The molecule has 0 radical (unpaired) electrons. The van der Waals surface area contributed by atoms with E-state index in [2.05, 4.69) is 10.1 Å². The molecule has 74 valence electrons. The molecule has 0 aliphatic rings. The van der Waals surface area contributed by atoms with Crippen LogP contribution < -0.4 is 11.5 Å². The standard InChI is InChI=1S/C8H6N6O/c9-1-4-2-12-8-5(7(11)15)3-13-14(8)6(4)10/h2-3H,10H2,(H2,11,15). The maximum absolute atomic E-state index is 11.0. The molecule has 4 N–H and O–H groups in total. The van der Waals surface area contributed by atoms with E-state index in [4.69, 9.17) is 16.7 Å². The van der Waals surface area contributed by atoms with Crippen LogP contribution in [0.25, 0.3) is 5.65 Å². The fraction of sp³-hybridized carbons (Fsp3) is 0. The third-order valence-electron chi connectivity index (χ3n) is 1.95. The van der Waals surface area contributed by atoms with Crippen molar-refractivity contribution in [1.29, 1.82) is 5.26 Å². The van der Waals surface area contributed by atoms with Crippen LogP contribution in [0.5, 0.6) is 0 Å². The number of carbonyl (C=O) groups excluding carboxylic acids is 1. The van der Waals surface area contributed by atoms with E-state index in [-0.39, 0.29) is 22.6 Å². The minimum absolute atomic E-state index is 0.134. The smallest absolute Gasteiger partial charge is 0.254 e.